The molecule has 0 fully saturated rings. The molecule has 0 radical (unpaired) electrons. The molecule has 0 bridgehead atoms. The first kappa shape index (κ1) is 18.1. The number of urea groups is 1. The van der Waals surface area contributed by atoms with Crippen molar-refractivity contribution in [2.75, 3.05) is 7.05 Å². The van der Waals surface area contributed by atoms with Crippen LogP contribution in [0.1, 0.15) is 24.2 Å². The van der Waals surface area contributed by atoms with E-state index in [2.05, 4.69) is 48.6 Å². The van der Waals surface area contributed by atoms with Gasteiger partial charge in [0.25, 0.3) is 0 Å². The Morgan fingerprint density at radius 1 is 1.27 bits per heavy atom. The molecule has 1 unspecified atom stereocenters. The zero-order valence-electron chi connectivity index (χ0n) is 14.6. The zero-order chi connectivity index (χ0) is 18.5. The molecular formula is C19H20BrN5O. The quantitative estimate of drug-likeness (QED) is 0.659. The molecule has 0 aliphatic heterocycles. The number of H-pyrrole nitrogens is 1. The van der Waals surface area contributed by atoms with Gasteiger partial charge in [0, 0.05) is 19.4 Å². The average Bonchev–Trinajstić information content (AvgIpc) is 3.10. The Kier molecular flexibility index (Phi) is 5.68. The van der Waals surface area contributed by atoms with Gasteiger partial charge in [-0.25, -0.2) is 4.79 Å². The van der Waals surface area contributed by atoms with E-state index in [4.69, 9.17) is 0 Å². The highest BCUT2D eigenvalue weighted by atomic mass is 79.9. The first-order valence-electron chi connectivity index (χ1n) is 8.25. The van der Waals surface area contributed by atoms with Crippen LogP contribution in [0.25, 0.3) is 11.1 Å². The number of halogens is 1. The number of carbonyl (C=O) groups is 1. The second-order valence-electron chi connectivity index (χ2n) is 6.00. The topological polar surface area (TPSA) is 73.9 Å². The van der Waals surface area contributed by atoms with Gasteiger partial charge in [-0.3, -0.25) is 10.1 Å². The highest BCUT2D eigenvalue weighted by molar-refractivity contribution is 9.10. The summed E-state index contributed by atoms with van der Waals surface area (Å²) in [6.07, 6.45) is 5.22. The Labute approximate surface area is 160 Å². The minimum atomic E-state index is -0.145. The van der Waals surface area contributed by atoms with Gasteiger partial charge in [-0.05, 0) is 57.7 Å². The number of benzene rings is 1. The Morgan fingerprint density at radius 3 is 2.73 bits per heavy atom. The summed E-state index contributed by atoms with van der Waals surface area (Å²) >= 11 is 3.39. The van der Waals surface area contributed by atoms with E-state index in [1.54, 1.807) is 30.5 Å². The van der Waals surface area contributed by atoms with E-state index in [-0.39, 0.29) is 12.1 Å². The van der Waals surface area contributed by atoms with E-state index in [1.807, 2.05) is 31.2 Å². The number of aromatic amines is 1. The van der Waals surface area contributed by atoms with Gasteiger partial charge in [0.1, 0.15) is 0 Å². The summed E-state index contributed by atoms with van der Waals surface area (Å²) in [5.74, 6) is 0. The molecule has 0 aliphatic carbocycles. The fourth-order valence-electron chi connectivity index (χ4n) is 2.63. The molecule has 0 saturated carbocycles. The third-order valence-corrected chi connectivity index (χ3v) is 5.05. The molecule has 0 aliphatic rings. The Bertz CT molecular complexity index is 880. The molecular weight excluding hydrogens is 394 g/mol. The third kappa shape index (κ3) is 4.11. The smallest absolute Gasteiger partial charge is 0.317 e. The van der Waals surface area contributed by atoms with E-state index in [0.717, 1.165) is 26.9 Å². The van der Waals surface area contributed by atoms with Gasteiger partial charge in [0.2, 0.25) is 0 Å². The van der Waals surface area contributed by atoms with Gasteiger partial charge in [-0.15, -0.1) is 0 Å². The summed E-state index contributed by atoms with van der Waals surface area (Å²) in [6.45, 7) is 2.39. The summed E-state index contributed by atoms with van der Waals surface area (Å²) in [5, 5.41) is 9.68. The largest absolute Gasteiger partial charge is 0.332 e. The lowest BCUT2D eigenvalue weighted by Gasteiger charge is -2.26. The SMILES string of the molecule is CC(c1cccc(-c2ccncc2)c1)N(C)C(=O)NCc1[nH]ncc1Br. The predicted molar refractivity (Wildman–Crippen MR) is 104 cm³/mol. The number of amides is 2. The van der Waals surface area contributed by atoms with E-state index in [0.29, 0.717) is 6.54 Å². The summed E-state index contributed by atoms with van der Waals surface area (Å²) < 4.78 is 0.846. The van der Waals surface area contributed by atoms with Crippen LogP contribution in [-0.2, 0) is 6.54 Å². The van der Waals surface area contributed by atoms with E-state index < -0.39 is 0 Å². The van der Waals surface area contributed by atoms with Crippen LogP contribution in [-0.4, -0.2) is 33.2 Å². The normalized spacial score (nSPS) is 11.8. The molecule has 26 heavy (non-hydrogen) atoms. The van der Waals surface area contributed by atoms with Crippen molar-refractivity contribution in [3.05, 3.63) is 70.7 Å². The summed E-state index contributed by atoms with van der Waals surface area (Å²) in [4.78, 5) is 18.2. The van der Waals surface area contributed by atoms with Crippen LogP contribution in [0.15, 0.2) is 59.5 Å². The van der Waals surface area contributed by atoms with Gasteiger partial charge < -0.3 is 10.2 Å². The van der Waals surface area contributed by atoms with Crippen molar-refractivity contribution in [3.63, 3.8) is 0 Å². The van der Waals surface area contributed by atoms with Crippen LogP contribution in [0.5, 0.6) is 0 Å². The molecule has 0 spiro atoms. The van der Waals surface area contributed by atoms with Gasteiger partial charge in [-0.1, -0.05) is 18.2 Å². The highest BCUT2D eigenvalue weighted by Crippen LogP contribution is 2.25. The maximum Gasteiger partial charge on any atom is 0.317 e. The second kappa shape index (κ2) is 8.14. The molecule has 7 heteroatoms. The van der Waals surface area contributed by atoms with Crippen molar-refractivity contribution in [1.82, 2.24) is 25.4 Å². The minimum absolute atomic E-state index is 0.0676. The number of nitrogens with one attached hydrogen (secondary N) is 2. The summed E-state index contributed by atoms with van der Waals surface area (Å²) in [5.41, 5.74) is 4.11. The van der Waals surface area contributed by atoms with Crippen LogP contribution < -0.4 is 5.32 Å². The number of hydrogen-bond donors (Lipinski definition) is 2. The molecule has 3 aromatic rings. The lowest BCUT2D eigenvalue weighted by Crippen LogP contribution is -2.38. The minimum Gasteiger partial charge on any atom is -0.332 e. The van der Waals surface area contributed by atoms with Crippen LogP contribution in [0.2, 0.25) is 0 Å². The van der Waals surface area contributed by atoms with Crippen molar-refractivity contribution in [2.24, 2.45) is 0 Å². The van der Waals surface area contributed by atoms with Crippen molar-refractivity contribution >= 4 is 22.0 Å². The van der Waals surface area contributed by atoms with Gasteiger partial charge in [-0.2, -0.15) is 5.10 Å². The van der Waals surface area contributed by atoms with Crippen LogP contribution in [0, 0.1) is 0 Å². The van der Waals surface area contributed by atoms with Crippen molar-refractivity contribution in [2.45, 2.75) is 19.5 Å². The number of rotatable bonds is 5. The molecule has 134 valence electrons. The number of hydrogen-bond acceptors (Lipinski definition) is 3. The Hall–Kier alpha value is -2.67. The molecule has 6 nitrogen and oxygen atoms in total. The monoisotopic (exact) mass is 413 g/mol. The fourth-order valence-corrected chi connectivity index (χ4v) is 2.96. The zero-order valence-corrected chi connectivity index (χ0v) is 16.2. The second-order valence-corrected chi connectivity index (χ2v) is 6.86. The first-order chi connectivity index (χ1) is 12.6. The van der Waals surface area contributed by atoms with E-state index in [1.165, 1.54) is 0 Å². The maximum absolute atomic E-state index is 12.5. The fraction of sp³-hybridized carbons (Fsp3) is 0.211. The van der Waals surface area contributed by atoms with Crippen molar-refractivity contribution in [1.29, 1.82) is 0 Å². The number of aromatic nitrogens is 3. The van der Waals surface area contributed by atoms with Crippen molar-refractivity contribution < 1.29 is 4.79 Å². The van der Waals surface area contributed by atoms with E-state index >= 15 is 0 Å². The molecule has 1 atom stereocenters. The average molecular weight is 414 g/mol. The molecule has 3 rings (SSSR count). The van der Waals surface area contributed by atoms with Gasteiger partial charge in [0.15, 0.2) is 0 Å². The lowest BCUT2D eigenvalue weighted by atomic mass is 10.0. The standard InChI is InChI=1S/C19H20BrN5O/c1-13(25(2)19(26)22-12-18-17(20)11-23-24-18)15-4-3-5-16(10-15)14-6-8-21-9-7-14/h3-11,13H,12H2,1-2H3,(H,22,26)(H,23,24). The van der Waals surface area contributed by atoms with Crippen LogP contribution in [0.3, 0.4) is 0 Å². The van der Waals surface area contributed by atoms with Gasteiger partial charge in [0.05, 0.1) is 29.0 Å². The first-order valence-corrected chi connectivity index (χ1v) is 9.04. The number of carbonyl (C=O) groups excluding carboxylic acids is 1. The third-order valence-electron chi connectivity index (χ3n) is 4.37. The highest BCUT2D eigenvalue weighted by Gasteiger charge is 2.18. The summed E-state index contributed by atoms with van der Waals surface area (Å²) in [6, 6.07) is 11.9. The van der Waals surface area contributed by atoms with Crippen molar-refractivity contribution in [3.8, 4) is 11.1 Å². The molecule has 2 amide bonds. The van der Waals surface area contributed by atoms with Crippen LogP contribution in [0.4, 0.5) is 4.79 Å². The summed E-state index contributed by atoms with van der Waals surface area (Å²) in [7, 11) is 1.79. The lowest BCUT2D eigenvalue weighted by molar-refractivity contribution is 0.194. The molecule has 0 saturated heterocycles. The number of nitrogens with zero attached hydrogens (tertiary/aromatic N) is 3. The number of pyridine rings is 1. The Balaban J connectivity index is 1.69. The van der Waals surface area contributed by atoms with E-state index in [9.17, 15) is 4.79 Å². The van der Waals surface area contributed by atoms with Crippen LogP contribution >= 0.6 is 15.9 Å². The Morgan fingerprint density at radius 2 is 2.04 bits per heavy atom. The molecule has 2 aromatic heterocycles. The maximum atomic E-state index is 12.5. The molecule has 1 aromatic carbocycles. The predicted octanol–water partition coefficient (Wildman–Crippen LogP) is 4.14. The van der Waals surface area contributed by atoms with Gasteiger partial charge >= 0.3 is 6.03 Å². The molecule has 2 N–H and O–H groups in total. The molecule has 2 heterocycles.